The second kappa shape index (κ2) is 4.76. The molecule has 0 saturated carbocycles. The Morgan fingerprint density at radius 2 is 1.88 bits per heavy atom. The van der Waals surface area contributed by atoms with E-state index in [1.165, 1.54) is 31.8 Å². The number of hydrogen-bond donors (Lipinski definition) is 0. The van der Waals surface area contributed by atoms with Gasteiger partial charge in [0.25, 0.3) is 0 Å². The van der Waals surface area contributed by atoms with Gasteiger partial charge in [0.05, 0.1) is 0 Å². The molecular weight excluding hydrogens is 204 g/mol. The Morgan fingerprint density at radius 1 is 1.19 bits per heavy atom. The molecule has 1 aliphatic rings. The second-order valence-electron chi connectivity index (χ2n) is 4.00. The molecule has 1 aromatic carbocycles. The molecule has 2 rings (SSSR count). The van der Waals surface area contributed by atoms with Crippen molar-refractivity contribution in [2.75, 3.05) is 14.2 Å². The summed E-state index contributed by atoms with van der Waals surface area (Å²) >= 11 is 0. The third kappa shape index (κ3) is 2.01. The fourth-order valence-corrected chi connectivity index (χ4v) is 2.17. The van der Waals surface area contributed by atoms with E-state index in [1.54, 1.807) is 0 Å². The molecule has 0 aliphatic heterocycles. The molecule has 3 nitrogen and oxygen atoms in total. The molecule has 3 heteroatoms. The Hall–Kier alpha value is -1.19. The molecule has 0 unspecified atom stereocenters. The van der Waals surface area contributed by atoms with E-state index in [9.17, 15) is 4.79 Å². The number of ether oxygens (including phenoxy) is 2. The minimum Gasteiger partial charge on any atom is -0.349 e. The van der Waals surface area contributed by atoms with Gasteiger partial charge in [-0.2, -0.15) is 0 Å². The third-order valence-electron chi connectivity index (χ3n) is 3.03. The maximum atomic E-state index is 12.0. The van der Waals surface area contributed by atoms with Gasteiger partial charge in [-0.25, -0.2) is 0 Å². The van der Waals surface area contributed by atoms with Crippen molar-refractivity contribution in [1.82, 2.24) is 0 Å². The van der Waals surface area contributed by atoms with Crippen molar-refractivity contribution in [3.8, 4) is 0 Å². The van der Waals surface area contributed by atoms with Crippen LogP contribution in [0.5, 0.6) is 0 Å². The van der Waals surface area contributed by atoms with Crippen LogP contribution in [0.1, 0.15) is 27.9 Å². The minimum atomic E-state index is -0.792. The molecule has 0 heterocycles. The highest BCUT2D eigenvalue weighted by Crippen LogP contribution is 2.23. The van der Waals surface area contributed by atoms with Crippen LogP contribution in [0.2, 0.25) is 0 Å². The van der Waals surface area contributed by atoms with Gasteiger partial charge in [0, 0.05) is 19.8 Å². The second-order valence-corrected chi connectivity index (χ2v) is 4.00. The van der Waals surface area contributed by atoms with Crippen molar-refractivity contribution >= 4 is 5.78 Å². The molecule has 0 saturated heterocycles. The van der Waals surface area contributed by atoms with Gasteiger partial charge in [-0.3, -0.25) is 4.79 Å². The SMILES string of the molecule is COC(OC)C(=O)c1ccc2c(c1)CCC2. The number of hydrogen-bond acceptors (Lipinski definition) is 3. The lowest BCUT2D eigenvalue weighted by molar-refractivity contribution is -0.0742. The topological polar surface area (TPSA) is 35.5 Å². The first-order chi connectivity index (χ1) is 7.76. The van der Waals surface area contributed by atoms with E-state index in [-0.39, 0.29) is 5.78 Å². The summed E-state index contributed by atoms with van der Waals surface area (Å²) in [6.07, 6.45) is 2.59. The largest absolute Gasteiger partial charge is 0.349 e. The monoisotopic (exact) mass is 220 g/mol. The van der Waals surface area contributed by atoms with Gasteiger partial charge in [-0.05, 0) is 36.5 Å². The van der Waals surface area contributed by atoms with Crippen LogP contribution >= 0.6 is 0 Å². The van der Waals surface area contributed by atoms with Crippen molar-refractivity contribution in [3.63, 3.8) is 0 Å². The number of carbonyl (C=O) groups is 1. The molecule has 0 aromatic heterocycles. The maximum Gasteiger partial charge on any atom is 0.222 e. The van der Waals surface area contributed by atoms with Crippen LogP contribution in [0.4, 0.5) is 0 Å². The van der Waals surface area contributed by atoms with Crippen LogP contribution < -0.4 is 0 Å². The van der Waals surface area contributed by atoms with Gasteiger partial charge in [0.1, 0.15) is 0 Å². The summed E-state index contributed by atoms with van der Waals surface area (Å²) < 4.78 is 9.93. The van der Waals surface area contributed by atoms with E-state index in [4.69, 9.17) is 9.47 Å². The first kappa shape index (κ1) is 11.3. The van der Waals surface area contributed by atoms with Crippen LogP contribution in [0.15, 0.2) is 18.2 Å². The molecular formula is C13H16O3. The predicted molar refractivity (Wildman–Crippen MR) is 60.6 cm³/mol. The number of benzene rings is 1. The van der Waals surface area contributed by atoms with Crippen LogP contribution in [0.25, 0.3) is 0 Å². The lowest BCUT2D eigenvalue weighted by atomic mass is 10.0. The fraction of sp³-hybridized carbons (Fsp3) is 0.462. The lowest BCUT2D eigenvalue weighted by Crippen LogP contribution is -2.25. The van der Waals surface area contributed by atoms with Crippen LogP contribution in [-0.2, 0) is 22.3 Å². The smallest absolute Gasteiger partial charge is 0.222 e. The summed E-state index contributed by atoms with van der Waals surface area (Å²) in [6, 6.07) is 5.87. The van der Waals surface area contributed by atoms with Gasteiger partial charge in [-0.1, -0.05) is 12.1 Å². The number of carbonyl (C=O) groups excluding carboxylic acids is 1. The highest BCUT2D eigenvalue weighted by atomic mass is 16.7. The van der Waals surface area contributed by atoms with Crippen molar-refractivity contribution in [1.29, 1.82) is 0 Å². The van der Waals surface area contributed by atoms with E-state index in [2.05, 4.69) is 0 Å². The highest BCUT2D eigenvalue weighted by molar-refractivity contribution is 5.98. The normalized spacial score (nSPS) is 14.2. The third-order valence-corrected chi connectivity index (χ3v) is 3.03. The Bertz CT molecular complexity index is 394. The van der Waals surface area contributed by atoms with Crippen LogP contribution in [0, 0.1) is 0 Å². The molecule has 0 atom stereocenters. The zero-order valence-corrected chi connectivity index (χ0v) is 9.66. The average molecular weight is 220 g/mol. The molecule has 0 fully saturated rings. The van der Waals surface area contributed by atoms with Gasteiger partial charge in [-0.15, -0.1) is 0 Å². The Morgan fingerprint density at radius 3 is 2.56 bits per heavy atom. The Kier molecular flexibility index (Phi) is 3.36. The molecule has 1 aliphatic carbocycles. The maximum absolute atomic E-state index is 12.0. The number of Topliss-reactive ketones (excluding diaryl/α,β-unsaturated/α-hetero) is 1. The molecule has 16 heavy (non-hydrogen) atoms. The first-order valence-corrected chi connectivity index (χ1v) is 5.48. The van der Waals surface area contributed by atoms with Gasteiger partial charge in [0.15, 0.2) is 0 Å². The molecule has 0 radical (unpaired) electrons. The molecule has 86 valence electrons. The van der Waals surface area contributed by atoms with E-state index in [0.717, 1.165) is 12.8 Å². The summed E-state index contributed by atoms with van der Waals surface area (Å²) in [7, 11) is 2.94. The van der Waals surface area contributed by atoms with Gasteiger partial charge in [0.2, 0.25) is 12.1 Å². The van der Waals surface area contributed by atoms with E-state index in [1.807, 2.05) is 18.2 Å². The highest BCUT2D eigenvalue weighted by Gasteiger charge is 2.20. The molecule has 0 amide bonds. The number of ketones is 1. The van der Waals surface area contributed by atoms with Gasteiger partial charge < -0.3 is 9.47 Å². The van der Waals surface area contributed by atoms with Crippen molar-refractivity contribution in [2.45, 2.75) is 25.6 Å². The predicted octanol–water partition coefficient (Wildman–Crippen LogP) is 1.98. The van der Waals surface area contributed by atoms with Crippen molar-refractivity contribution < 1.29 is 14.3 Å². The number of fused-ring (bicyclic) bond motifs is 1. The number of aryl methyl sites for hydroxylation is 2. The first-order valence-electron chi connectivity index (χ1n) is 5.48. The lowest BCUT2D eigenvalue weighted by Gasteiger charge is -2.12. The average Bonchev–Trinajstić information content (AvgIpc) is 2.77. The summed E-state index contributed by atoms with van der Waals surface area (Å²) in [5.74, 6) is -0.111. The van der Waals surface area contributed by atoms with Crippen LogP contribution in [-0.4, -0.2) is 26.3 Å². The zero-order chi connectivity index (χ0) is 11.5. The minimum absolute atomic E-state index is 0.111. The summed E-state index contributed by atoms with van der Waals surface area (Å²) in [5, 5.41) is 0. The fourth-order valence-electron chi connectivity index (χ4n) is 2.17. The van der Waals surface area contributed by atoms with Crippen LogP contribution in [0.3, 0.4) is 0 Å². The summed E-state index contributed by atoms with van der Waals surface area (Å²) in [6.45, 7) is 0. The molecule has 0 spiro atoms. The molecule has 1 aromatic rings. The van der Waals surface area contributed by atoms with Crippen molar-refractivity contribution in [2.24, 2.45) is 0 Å². The standard InChI is InChI=1S/C13H16O3/c1-15-13(16-2)12(14)11-7-6-9-4-3-5-10(9)8-11/h6-8,13H,3-5H2,1-2H3. The summed E-state index contributed by atoms with van der Waals surface area (Å²) in [5.41, 5.74) is 3.33. The number of methoxy groups -OCH3 is 2. The zero-order valence-electron chi connectivity index (χ0n) is 9.66. The van der Waals surface area contributed by atoms with E-state index in [0.29, 0.717) is 5.56 Å². The van der Waals surface area contributed by atoms with Crippen molar-refractivity contribution in [3.05, 3.63) is 34.9 Å². The van der Waals surface area contributed by atoms with Gasteiger partial charge >= 0.3 is 0 Å². The quantitative estimate of drug-likeness (QED) is 0.575. The number of rotatable bonds is 4. The molecule has 0 N–H and O–H groups in total. The van der Waals surface area contributed by atoms with E-state index >= 15 is 0 Å². The summed E-state index contributed by atoms with van der Waals surface area (Å²) in [4.78, 5) is 12.0. The Balaban J connectivity index is 2.24. The van der Waals surface area contributed by atoms with E-state index < -0.39 is 6.29 Å². The molecule has 0 bridgehead atoms. The Labute approximate surface area is 95.4 Å².